The number of halogens is 1. The number of aromatic nitrogens is 1. The molecule has 1 heterocycles. The van der Waals surface area contributed by atoms with Gasteiger partial charge in [-0.25, -0.2) is 18.2 Å². The number of hydrogen-bond acceptors (Lipinski definition) is 6. The summed E-state index contributed by atoms with van der Waals surface area (Å²) >= 11 is 6.31. The van der Waals surface area contributed by atoms with Crippen molar-refractivity contribution in [1.29, 1.82) is 0 Å². The number of nitrogens with zero attached hydrogens (tertiary/aromatic N) is 1. The zero-order valence-corrected chi connectivity index (χ0v) is 13.3. The van der Waals surface area contributed by atoms with E-state index in [0.717, 1.165) is 6.26 Å². The van der Waals surface area contributed by atoms with E-state index in [-0.39, 0.29) is 27.8 Å². The lowest BCUT2D eigenvalue weighted by Crippen LogP contribution is -2.03. The standard InChI is InChI=1S/C13H14ClNO5S/c1-8-6-10(20-15-8)12-11(21(3,16)17)5-4-9(13(12)14)7-19-18-2/h4-6H,7H2,1-3H3. The maximum Gasteiger partial charge on any atom is 0.176 e. The van der Waals surface area contributed by atoms with Gasteiger partial charge in [-0.15, -0.1) is 0 Å². The van der Waals surface area contributed by atoms with E-state index >= 15 is 0 Å². The molecule has 6 nitrogen and oxygen atoms in total. The summed E-state index contributed by atoms with van der Waals surface area (Å²) in [5, 5.41) is 3.99. The van der Waals surface area contributed by atoms with Crippen LogP contribution in [0.15, 0.2) is 27.6 Å². The molecule has 21 heavy (non-hydrogen) atoms. The van der Waals surface area contributed by atoms with Crippen molar-refractivity contribution in [3.63, 3.8) is 0 Å². The Bertz CT molecular complexity index is 754. The fourth-order valence-corrected chi connectivity index (χ4v) is 3.11. The highest BCUT2D eigenvalue weighted by atomic mass is 35.5. The quantitative estimate of drug-likeness (QED) is 0.619. The van der Waals surface area contributed by atoms with E-state index in [1.807, 2.05) is 0 Å². The van der Waals surface area contributed by atoms with Crippen LogP contribution in [-0.2, 0) is 26.2 Å². The Kier molecular flexibility index (Phi) is 4.67. The molecule has 0 N–H and O–H groups in total. The van der Waals surface area contributed by atoms with E-state index in [9.17, 15) is 8.42 Å². The van der Waals surface area contributed by atoms with Crippen LogP contribution in [0.2, 0.25) is 5.02 Å². The summed E-state index contributed by atoms with van der Waals surface area (Å²) in [5.74, 6) is 0.289. The third-order valence-corrected chi connectivity index (χ3v) is 4.36. The van der Waals surface area contributed by atoms with Gasteiger partial charge in [0.15, 0.2) is 15.6 Å². The first kappa shape index (κ1) is 16.0. The molecule has 0 atom stereocenters. The monoisotopic (exact) mass is 331 g/mol. The van der Waals surface area contributed by atoms with Crippen molar-refractivity contribution >= 4 is 21.4 Å². The number of aryl methyl sites for hydroxylation is 1. The van der Waals surface area contributed by atoms with E-state index in [1.165, 1.54) is 13.2 Å². The molecule has 2 aromatic rings. The highest BCUT2D eigenvalue weighted by Crippen LogP contribution is 2.37. The first-order valence-corrected chi connectivity index (χ1v) is 8.22. The van der Waals surface area contributed by atoms with Gasteiger partial charge in [-0.2, -0.15) is 0 Å². The molecule has 0 bridgehead atoms. The molecule has 0 aliphatic carbocycles. The smallest absolute Gasteiger partial charge is 0.176 e. The Morgan fingerprint density at radius 1 is 1.38 bits per heavy atom. The minimum absolute atomic E-state index is 0.0739. The van der Waals surface area contributed by atoms with E-state index < -0.39 is 9.84 Å². The minimum atomic E-state index is -3.48. The molecule has 0 amide bonds. The Balaban J connectivity index is 2.67. The van der Waals surface area contributed by atoms with Crippen LogP contribution in [0.5, 0.6) is 0 Å². The van der Waals surface area contributed by atoms with Crippen molar-refractivity contribution < 1.29 is 22.7 Å². The third-order valence-electron chi connectivity index (χ3n) is 2.79. The van der Waals surface area contributed by atoms with E-state index in [0.29, 0.717) is 11.3 Å². The molecule has 0 saturated heterocycles. The van der Waals surface area contributed by atoms with Crippen LogP contribution in [-0.4, -0.2) is 26.9 Å². The molecule has 0 radical (unpaired) electrons. The molecule has 0 unspecified atom stereocenters. The molecule has 0 fully saturated rings. The maximum absolute atomic E-state index is 11.9. The van der Waals surface area contributed by atoms with Crippen LogP contribution in [0.25, 0.3) is 11.3 Å². The Labute approximate surface area is 127 Å². The van der Waals surface area contributed by atoms with Crippen LogP contribution in [0, 0.1) is 6.92 Å². The Morgan fingerprint density at radius 2 is 2.10 bits per heavy atom. The summed E-state index contributed by atoms with van der Waals surface area (Å²) in [4.78, 5) is 9.45. The normalized spacial score (nSPS) is 11.8. The van der Waals surface area contributed by atoms with Crippen LogP contribution in [0.3, 0.4) is 0 Å². The second-order valence-electron chi connectivity index (χ2n) is 4.45. The summed E-state index contributed by atoms with van der Waals surface area (Å²) in [6.45, 7) is 1.82. The lowest BCUT2D eigenvalue weighted by atomic mass is 10.1. The van der Waals surface area contributed by atoms with Gasteiger partial charge in [0.05, 0.1) is 28.3 Å². The minimum Gasteiger partial charge on any atom is -0.356 e. The zero-order chi connectivity index (χ0) is 15.6. The number of benzene rings is 1. The van der Waals surface area contributed by atoms with Crippen molar-refractivity contribution in [2.24, 2.45) is 0 Å². The van der Waals surface area contributed by atoms with Gasteiger partial charge in [0.2, 0.25) is 0 Å². The molecule has 0 saturated carbocycles. The second kappa shape index (κ2) is 6.15. The van der Waals surface area contributed by atoms with Crippen molar-refractivity contribution in [3.8, 4) is 11.3 Å². The molecule has 114 valence electrons. The summed E-state index contributed by atoms with van der Waals surface area (Å²) < 4.78 is 29.0. The number of rotatable bonds is 5. The number of hydrogen-bond donors (Lipinski definition) is 0. The van der Waals surface area contributed by atoms with E-state index in [1.54, 1.807) is 19.1 Å². The lowest BCUT2D eigenvalue weighted by molar-refractivity contribution is -0.282. The fraction of sp³-hybridized carbons (Fsp3) is 0.308. The molecular formula is C13H14ClNO5S. The summed E-state index contributed by atoms with van der Waals surface area (Å²) in [5.41, 5.74) is 1.48. The highest BCUT2D eigenvalue weighted by Gasteiger charge is 2.23. The van der Waals surface area contributed by atoms with Crippen LogP contribution >= 0.6 is 11.6 Å². The van der Waals surface area contributed by atoms with E-state index in [4.69, 9.17) is 21.0 Å². The maximum atomic E-state index is 11.9. The molecule has 1 aromatic heterocycles. The Morgan fingerprint density at radius 3 is 2.62 bits per heavy atom. The van der Waals surface area contributed by atoms with Crippen molar-refractivity contribution in [3.05, 3.63) is 34.5 Å². The SMILES string of the molecule is COOCc1ccc(S(C)(=O)=O)c(-c2cc(C)no2)c1Cl. The van der Waals surface area contributed by atoms with Crippen LogP contribution < -0.4 is 0 Å². The average molecular weight is 332 g/mol. The molecule has 1 aromatic carbocycles. The predicted octanol–water partition coefficient (Wildman–Crippen LogP) is 2.78. The fourth-order valence-electron chi connectivity index (χ4n) is 1.86. The first-order chi connectivity index (χ1) is 9.84. The van der Waals surface area contributed by atoms with Gasteiger partial charge in [-0.1, -0.05) is 22.8 Å². The molecule has 0 spiro atoms. The molecule has 0 aliphatic rings. The predicted molar refractivity (Wildman–Crippen MR) is 76.6 cm³/mol. The largest absolute Gasteiger partial charge is 0.356 e. The van der Waals surface area contributed by atoms with E-state index in [2.05, 4.69) is 10.0 Å². The van der Waals surface area contributed by atoms with Gasteiger partial charge in [0.1, 0.15) is 6.61 Å². The van der Waals surface area contributed by atoms with Gasteiger partial charge in [-0.3, -0.25) is 0 Å². The van der Waals surface area contributed by atoms with Crippen LogP contribution in [0.1, 0.15) is 11.3 Å². The lowest BCUT2D eigenvalue weighted by Gasteiger charge is -2.11. The summed E-state index contributed by atoms with van der Waals surface area (Å²) in [6, 6.07) is 4.66. The summed E-state index contributed by atoms with van der Waals surface area (Å²) in [7, 11) is -2.10. The second-order valence-corrected chi connectivity index (χ2v) is 6.81. The average Bonchev–Trinajstić information content (AvgIpc) is 2.82. The molecule has 2 rings (SSSR count). The summed E-state index contributed by atoms with van der Waals surface area (Å²) in [6.07, 6.45) is 1.11. The van der Waals surface area contributed by atoms with Gasteiger partial charge in [-0.05, 0) is 13.0 Å². The zero-order valence-electron chi connectivity index (χ0n) is 11.7. The van der Waals surface area contributed by atoms with Crippen molar-refractivity contribution in [2.75, 3.05) is 13.4 Å². The Hall–Kier alpha value is -1.41. The van der Waals surface area contributed by atoms with Gasteiger partial charge >= 0.3 is 0 Å². The van der Waals surface area contributed by atoms with Gasteiger partial charge in [0.25, 0.3) is 0 Å². The van der Waals surface area contributed by atoms with Gasteiger partial charge < -0.3 is 4.52 Å². The molecular weight excluding hydrogens is 318 g/mol. The van der Waals surface area contributed by atoms with Crippen molar-refractivity contribution in [1.82, 2.24) is 5.16 Å². The number of sulfone groups is 1. The first-order valence-electron chi connectivity index (χ1n) is 5.95. The molecule has 0 aliphatic heterocycles. The molecule has 8 heteroatoms. The van der Waals surface area contributed by atoms with Gasteiger partial charge in [0, 0.05) is 17.9 Å². The van der Waals surface area contributed by atoms with Crippen LogP contribution in [0.4, 0.5) is 0 Å². The highest BCUT2D eigenvalue weighted by molar-refractivity contribution is 7.90. The third kappa shape index (κ3) is 3.44. The topological polar surface area (TPSA) is 78.6 Å². The van der Waals surface area contributed by atoms with Crippen molar-refractivity contribution in [2.45, 2.75) is 18.4 Å².